The standard InChI is InChI=1S/C17H22N4O4.ClH/c1-24-15-4-3-10(5-16(15)25-2)12-6-13(21-20-12)17(23)19-8-11-7-18-9-14(11)22;/h3-6,11,14,18,22H,7-9H2,1-2H3,(H,19,23)(H,20,21);1H. The molecule has 26 heavy (non-hydrogen) atoms. The van der Waals surface area contributed by atoms with Crippen LogP contribution in [0.15, 0.2) is 24.3 Å². The highest BCUT2D eigenvalue weighted by Crippen LogP contribution is 2.31. The molecule has 1 aromatic heterocycles. The summed E-state index contributed by atoms with van der Waals surface area (Å²) in [7, 11) is 3.14. The Morgan fingerprint density at radius 2 is 2.04 bits per heavy atom. The molecule has 142 valence electrons. The number of β-amino-alcohol motifs (C(OH)–C–C–N with tert-alkyl or cyclic N) is 1. The van der Waals surface area contributed by atoms with E-state index in [1.165, 1.54) is 0 Å². The Bertz CT molecular complexity index is 752. The van der Waals surface area contributed by atoms with Crippen molar-refractivity contribution < 1.29 is 19.4 Å². The van der Waals surface area contributed by atoms with Crippen LogP contribution in [0.4, 0.5) is 0 Å². The number of methoxy groups -OCH3 is 2. The maximum Gasteiger partial charge on any atom is 0.269 e. The number of hydrogen-bond donors (Lipinski definition) is 4. The molecule has 1 aliphatic rings. The number of nitrogens with zero attached hydrogens (tertiary/aromatic N) is 1. The molecule has 2 aromatic rings. The summed E-state index contributed by atoms with van der Waals surface area (Å²) in [4.78, 5) is 12.2. The van der Waals surface area contributed by atoms with Crippen molar-refractivity contribution in [3.63, 3.8) is 0 Å². The molecular formula is C17H23ClN4O4. The number of nitrogens with one attached hydrogen (secondary N) is 3. The molecule has 0 radical (unpaired) electrons. The van der Waals surface area contributed by atoms with E-state index in [2.05, 4.69) is 20.8 Å². The molecule has 0 saturated carbocycles. The average molecular weight is 383 g/mol. The maximum atomic E-state index is 12.2. The third-order valence-electron chi connectivity index (χ3n) is 4.33. The van der Waals surface area contributed by atoms with Gasteiger partial charge in [0.05, 0.1) is 26.0 Å². The third kappa shape index (κ3) is 4.27. The first kappa shape index (κ1) is 20.0. The zero-order chi connectivity index (χ0) is 17.8. The lowest BCUT2D eigenvalue weighted by molar-refractivity contribution is 0.0922. The molecule has 2 unspecified atom stereocenters. The van der Waals surface area contributed by atoms with Gasteiger partial charge >= 0.3 is 0 Å². The molecule has 3 rings (SSSR count). The van der Waals surface area contributed by atoms with Crippen molar-refractivity contribution in [2.45, 2.75) is 6.10 Å². The molecule has 2 atom stereocenters. The van der Waals surface area contributed by atoms with Gasteiger partial charge in [-0.15, -0.1) is 12.4 Å². The number of hydrogen-bond acceptors (Lipinski definition) is 6. The fourth-order valence-corrected chi connectivity index (χ4v) is 2.83. The number of rotatable bonds is 6. The Balaban J connectivity index is 0.00000243. The molecule has 0 aliphatic carbocycles. The van der Waals surface area contributed by atoms with Crippen LogP contribution in [0.5, 0.6) is 11.5 Å². The van der Waals surface area contributed by atoms with Gasteiger partial charge in [0.15, 0.2) is 11.5 Å². The topological polar surface area (TPSA) is 108 Å². The van der Waals surface area contributed by atoms with E-state index in [-0.39, 0.29) is 24.2 Å². The number of aliphatic hydroxyl groups excluding tert-OH is 1. The molecule has 0 bridgehead atoms. The van der Waals surface area contributed by atoms with E-state index >= 15 is 0 Å². The van der Waals surface area contributed by atoms with Crippen LogP contribution in [0, 0.1) is 5.92 Å². The van der Waals surface area contributed by atoms with Crippen LogP contribution < -0.4 is 20.1 Å². The van der Waals surface area contributed by atoms with Gasteiger partial charge in [-0.1, -0.05) is 0 Å². The number of ether oxygens (including phenoxy) is 2. The predicted octanol–water partition coefficient (Wildman–Crippen LogP) is 0.826. The fourth-order valence-electron chi connectivity index (χ4n) is 2.83. The smallest absolute Gasteiger partial charge is 0.269 e. The molecule has 0 spiro atoms. The van der Waals surface area contributed by atoms with Gasteiger partial charge in [-0.3, -0.25) is 9.89 Å². The highest BCUT2D eigenvalue weighted by Gasteiger charge is 2.25. The number of benzene rings is 1. The van der Waals surface area contributed by atoms with Crippen molar-refractivity contribution in [2.24, 2.45) is 5.92 Å². The monoisotopic (exact) mass is 382 g/mol. The molecule has 1 aromatic carbocycles. The quantitative estimate of drug-likeness (QED) is 0.589. The largest absolute Gasteiger partial charge is 0.493 e. The van der Waals surface area contributed by atoms with Crippen LogP contribution in [-0.2, 0) is 0 Å². The van der Waals surface area contributed by atoms with E-state index in [1.807, 2.05) is 6.07 Å². The van der Waals surface area contributed by atoms with E-state index in [1.54, 1.807) is 32.4 Å². The van der Waals surface area contributed by atoms with Crippen molar-refractivity contribution in [2.75, 3.05) is 33.9 Å². The molecule has 2 heterocycles. The molecule has 1 saturated heterocycles. The molecule has 1 fully saturated rings. The minimum atomic E-state index is -0.426. The minimum absolute atomic E-state index is 0. The van der Waals surface area contributed by atoms with Gasteiger partial charge in [-0.05, 0) is 24.3 Å². The number of aromatic nitrogens is 2. The number of amides is 1. The van der Waals surface area contributed by atoms with Gasteiger partial charge in [-0.25, -0.2) is 0 Å². The molecule has 8 nitrogen and oxygen atoms in total. The summed E-state index contributed by atoms with van der Waals surface area (Å²) in [6.07, 6.45) is -0.426. The number of aliphatic hydroxyl groups is 1. The summed E-state index contributed by atoms with van der Waals surface area (Å²) < 4.78 is 10.5. The number of carbonyl (C=O) groups excluding carboxylic acids is 1. The molecule has 4 N–H and O–H groups in total. The van der Waals surface area contributed by atoms with Crippen molar-refractivity contribution in [3.05, 3.63) is 30.0 Å². The van der Waals surface area contributed by atoms with E-state index in [0.717, 1.165) is 5.56 Å². The molecule has 9 heteroatoms. The second kappa shape index (κ2) is 8.88. The summed E-state index contributed by atoms with van der Waals surface area (Å²) in [5.74, 6) is 0.996. The van der Waals surface area contributed by atoms with Gasteiger partial charge in [0.1, 0.15) is 5.69 Å². The van der Waals surface area contributed by atoms with Crippen LogP contribution in [0.25, 0.3) is 11.3 Å². The Hall–Kier alpha value is -2.29. The number of carbonyl (C=O) groups is 1. The molecule has 1 aliphatic heterocycles. The summed E-state index contributed by atoms with van der Waals surface area (Å²) in [6, 6.07) is 7.12. The first-order valence-corrected chi connectivity index (χ1v) is 8.07. The summed E-state index contributed by atoms with van der Waals surface area (Å²) in [6.45, 7) is 1.67. The van der Waals surface area contributed by atoms with Crippen LogP contribution in [-0.4, -0.2) is 61.2 Å². The van der Waals surface area contributed by atoms with Gasteiger partial charge < -0.3 is 25.2 Å². The van der Waals surface area contributed by atoms with Crippen molar-refractivity contribution >= 4 is 18.3 Å². The Kier molecular flexibility index (Phi) is 6.84. The summed E-state index contributed by atoms with van der Waals surface area (Å²) in [5, 5.41) is 22.6. The Morgan fingerprint density at radius 3 is 2.69 bits per heavy atom. The lowest BCUT2D eigenvalue weighted by Gasteiger charge is -2.13. The van der Waals surface area contributed by atoms with Crippen molar-refractivity contribution in [1.29, 1.82) is 0 Å². The Morgan fingerprint density at radius 1 is 1.27 bits per heavy atom. The van der Waals surface area contributed by atoms with E-state index in [0.29, 0.717) is 42.5 Å². The number of H-pyrrole nitrogens is 1. The minimum Gasteiger partial charge on any atom is -0.493 e. The Labute approximate surface area is 157 Å². The van der Waals surface area contributed by atoms with Gasteiger partial charge in [-0.2, -0.15) is 5.10 Å². The lowest BCUT2D eigenvalue weighted by Crippen LogP contribution is -2.34. The van der Waals surface area contributed by atoms with Crippen molar-refractivity contribution in [1.82, 2.24) is 20.8 Å². The normalized spacial score (nSPS) is 18.9. The zero-order valence-electron chi connectivity index (χ0n) is 14.6. The number of aromatic amines is 1. The predicted molar refractivity (Wildman–Crippen MR) is 99.1 cm³/mol. The van der Waals surface area contributed by atoms with Crippen LogP contribution in [0.1, 0.15) is 10.5 Å². The van der Waals surface area contributed by atoms with Crippen LogP contribution in [0.3, 0.4) is 0 Å². The highest BCUT2D eigenvalue weighted by atomic mass is 35.5. The first-order chi connectivity index (χ1) is 12.1. The number of halogens is 1. The second-order valence-electron chi connectivity index (χ2n) is 5.93. The van der Waals surface area contributed by atoms with Crippen molar-refractivity contribution in [3.8, 4) is 22.8 Å². The zero-order valence-corrected chi connectivity index (χ0v) is 15.4. The average Bonchev–Trinajstić information content (AvgIpc) is 3.28. The highest BCUT2D eigenvalue weighted by molar-refractivity contribution is 5.93. The van der Waals surface area contributed by atoms with Gasteiger partial charge in [0.2, 0.25) is 0 Å². The van der Waals surface area contributed by atoms with Crippen LogP contribution >= 0.6 is 12.4 Å². The maximum absolute atomic E-state index is 12.2. The molecular weight excluding hydrogens is 360 g/mol. The summed E-state index contributed by atoms with van der Waals surface area (Å²) in [5.41, 5.74) is 1.81. The fraction of sp³-hybridized carbons (Fsp3) is 0.412. The summed E-state index contributed by atoms with van der Waals surface area (Å²) >= 11 is 0. The van der Waals surface area contributed by atoms with E-state index < -0.39 is 6.10 Å². The third-order valence-corrected chi connectivity index (χ3v) is 4.33. The second-order valence-corrected chi connectivity index (χ2v) is 5.93. The first-order valence-electron chi connectivity index (χ1n) is 8.07. The molecule has 1 amide bonds. The van der Waals surface area contributed by atoms with Crippen LogP contribution in [0.2, 0.25) is 0 Å². The lowest BCUT2D eigenvalue weighted by atomic mass is 10.1. The van der Waals surface area contributed by atoms with E-state index in [9.17, 15) is 9.90 Å². The SMILES string of the molecule is COc1ccc(-c2cc(C(=O)NCC3CNCC3O)[nH]n2)cc1OC.Cl. The van der Waals surface area contributed by atoms with Gasteiger partial charge in [0, 0.05) is 31.1 Å². The van der Waals surface area contributed by atoms with Gasteiger partial charge in [0.25, 0.3) is 5.91 Å². The van der Waals surface area contributed by atoms with E-state index in [4.69, 9.17) is 9.47 Å².